The van der Waals surface area contributed by atoms with Gasteiger partial charge in [0.05, 0.1) is 13.7 Å². The van der Waals surface area contributed by atoms with Crippen molar-refractivity contribution in [1.29, 1.82) is 0 Å². The van der Waals surface area contributed by atoms with Crippen LogP contribution in [-0.2, 0) is 0 Å². The second kappa shape index (κ2) is 7.69. The molecule has 2 aromatic carbocycles. The molecule has 0 aliphatic carbocycles. The van der Waals surface area contributed by atoms with Crippen LogP contribution in [-0.4, -0.2) is 26.2 Å². The number of carbonyl (C=O) groups excluding carboxylic acids is 1. The van der Waals surface area contributed by atoms with E-state index < -0.39 is 0 Å². The fourth-order valence-corrected chi connectivity index (χ4v) is 1.97. The molecule has 21 heavy (non-hydrogen) atoms. The van der Waals surface area contributed by atoms with E-state index in [1.807, 2.05) is 24.3 Å². The van der Waals surface area contributed by atoms with Gasteiger partial charge in [0.25, 0.3) is 5.91 Å². The van der Waals surface area contributed by atoms with Crippen molar-refractivity contribution in [3.8, 4) is 11.5 Å². The lowest BCUT2D eigenvalue weighted by Gasteiger charge is -2.08. The molecule has 0 aliphatic rings. The first kappa shape index (κ1) is 15.4. The second-order valence-corrected chi connectivity index (χ2v) is 5.20. The molecule has 0 heterocycles. The molecule has 0 aromatic heterocycles. The number of amides is 1. The number of hydrogen-bond acceptors (Lipinski definition) is 3. The molecule has 4 nitrogen and oxygen atoms in total. The van der Waals surface area contributed by atoms with Crippen molar-refractivity contribution in [2.24, 2.45) is 0 Å². The highest BCUT2D eigenvalue weighted by molar-refractivity contribution is 9.10. The van der Waals surface area contributed by atoms with E-state index in [4.69, 9.17) is 9.47 Å². The van der Waals surface area contributed by atoms with Gasteiger partial charge in [0.2, 0.25) is 0 Å². The zero-order valence-electron chi connectivity index (χ0n) is 11.6. The van der Waals surface area contributed by atoms with Gasteiger partial charge in [0.1, 0.15) is 18.1 Å². The fraction of sp³-hybridized carbons (Fsp3) is 0.188. The van der Waals surface area contributed by atoms with E-state index in [0.29, 0.717) is 18.7 Å². The van der Waals surface area contributed by atoms with Gasteiger partial charge in [0.15, 0.2) is 0 Å². The molecule has 2 aromatic rings. The second-order valence-electron chi connectivity index (χ2n) is 4.29. The first-order valence-corrected chi connectivity index (χ1v) is 7.29. The molecule has 0 bridgehead atoms. The van der Waals surface area contributed by atoms with Gasteiger partial charge >= 0.3 is 0 Å². The summed E-state index contributed by atoms with van der Waals surface area (Å²) in [7, 11) is 1.59. The highest BCUT2D eigenvalue weighted by atomic mass is 79.9. The summed E-state index contributed by atoms with van der Waals surface area (Å²) in [5, 5.41) is 2.80. The molecule has 0 spiro atoms. The van der Waals surface area contributed by atoms with Crippen LogP contribution in [0.4, 0.5) is 0 Å². The number of rotatable bonds is 6. The summed E-state index contributed by atoms with van der Waals surface area (Å²) in [6.07, 6.45) is 0. The van der Waals surface area contributed by atoms with Crippen LogP contribution in [0, 0.1) is 0 Å². The number of benzene rings is 2. The topological polar surface area (TPSA) is 47.6 Å². The lowest BCUT2D eigenvalue weighted by atomic mass is 10.2. The smallest absolute Gasteiger partial charge is 0.251 e. The third kappa shape index (κ3) is 4.79. The predicted molar refractivity (Wildman–Crippen MR) is 85.0 cm³/mol. The SMILES string of the molecule is COc1ccc(C(=O)NCCOc2ccc(Br)cc2)cc1. The largest absolute Gasteiger partial charge is 0.497 e. The van der Waals surface area contributed by atoms with Crippen LogP contribution in [0.2, 0.25) is 0 Å². The van der Waals surface area contributed by atoms with Crippen LogP contribution in [0.5, 0.6) is 11.5 Å². The Morgan fingerprint density at radius 3 is 2.29 bits per heavy atom. The molecule has 1 N–H and O–H groups in total. The van der Waals surface area contributed by atoms with Crippen molar-refractivity contribution in [2.75, 3.05) is 20.3 Å². The number of hydrogen-bond donors (Lipinski definition) is 1. The molecule has 5 heteroatoms. The first-order chi connectivity index (χ1) is 10.2. The molecular weight excluding hydrogens is 334 g/mol. The van der Waals surface area contributed by atoms with Crippen molar-refractivity contribution in [2.45, 2.75) is 0 Å². The molecule has 110 valence electrons. The van der Waals surface area contributed by atoms with Gasteiger partial charge in [0, 0.05) is 10.0 Å². The number of methoxy groups -OCH3 is 1. The zero-order chi connectivity index (χ0) is 15.1. The van der Waals surface area contributed by atoms with Crippen molar-refractivity contribution in [1.82, 2.24) is 5.32 Å². The van der Waals surface area contributed by atoms with E-state index in [9.17, 15) is 4.79 Å². The van der Waals surface area contributed by atoms with Crippen molar-refractivity contribution < 1.29 is 14.3 Å². The maximum Gasteiger partial charge on any atom is 0.251 e. The maximum absolute atomic E-state index is 11.9. The molecular formula is C16H16BrNO3. The Labute approximate surface area is 132 Å². The number of ether oxygens (including phenoxy) is 2. The molecule has 0 unspecified atom stereocenters. The van der Waals surface area contributed by atoms with Crippen molar-refractivity contribution in [3.63, 3.8) is 0 Å². The fourth-order valence-electron chi connectivity index (χ4n) is 1.71. The summed E-state index contributed by atoms with van der Waals surface area (Å²) < 4.78 is 11.6. The Morgan fingerprint density at radius 1 is 1.05 bits per heavy atom. The predicted octanol–water partition coefficient (Wildman–Crippen LogP) is 3.27. The number of carbonyl (C=O) groups is 1. The zero-order valence-corrected chi connectivity index (χ0v) is 13.2. The van der Waals surface area contributed by atoms with E-state index >= 15 is 0 Å². The normalized spacial score (nSPS) is 10.0. The molecule has 0 atom stereocenters. The molecule has 0 fully saturated rings. The van der Waals surface area contributed by atoms with Crippen molar-refractivity contribution in [3.05, 3.63) is 58.6 Å². The average molecular weight is 350 g/mol. The van der Waals surface area contributed by atoms with Gasteiger partial charge in [-0.25, -0.2) is 0 Å². The molecule has 0 saturated carbocycles. The van der Waals surface area contributed by atoms with Crippen molar-refractivity contribution >= 4 is 21.8 Å². The lowest BCUT2D eigenvalue weighted by Crippen LogP contribution is -2.28. The summed E-state index contributed by atoms with van der Waals surface area (Å²) in [6.45, 7) is 0.866. The van der Waals surface area contributed by atoms with Crippen LogP contribution in [0.1, 0.15) is 10.4 Å². The Balaban J connectivity index is 1.74. The van der Waals surface area contributed by atoms with E-state index in [2.05, 4.69) is 21.2 Å². The summed E-state index contributed by atoms with van der Waals surface area (Å²) in [6, 6.07) is 14.5. The lowest BCUT2D eigenvalue weighted by molar-refractivity contribution is 0.0947. The highest BCUT2D eigenvalue weighted by Crippen LogP contribution is 2.15. The van der Waals surface area contributed by atoms with Gasteiger partial charge < -0.3 is 14.8 Å². The van der Waals surface area contributed by atoms with Gasteiger partial charge in [-0.3, -0.25) is 4.79 Å². The third-order valence-electron chi connectivity index (χ3n) is 2.82. The van der Waals surface area contributed by atoms with Gasteiger partial charge in [-0.15, -0.1) is 0 Å². The number of halogens is 1. The minimum Gasteiger partial charge on any atom is -0.497 e. The summed E-state index contributed by atoms with van der Waals surface area (Å²) in [4.78, 5) is 11.9. The number of nitrogens with one attached hydrogen (secondary N) is 1. The van der Waals surface area contributed by atoms with Gasteiger partial charge in [-0.2, -0.15) is 0 Å². The average Bonchev–Trinajstić information content (AvgIpc) is 2.53. The van der Waals surface area contributed by atoms with Crippen LogP contribution in [0.15, 0.2) is 53.0 Å². The maximum atomic E-state index is 11.9. The van der Waals surface area contributed by atoms with Crippen LogP contribution < -0.4 is 14.8 Å². The van der Waals surface area contributed by atoms with E-state index in [1.54, 1.807) is 31.4 Å². The summed E-state index contributed by atoms with van der Waals surface area (Å²) >= 11 is 3.36. The van der Waals surface area contributed by atoms with Crippen LogP contribution >= 0.6 is 15.9 Å². The van der Waals surface area contributed by atoms with E-state index in [1.165, 1.54) is 0 Å². The minimum absolute atomic E-state index is 0.128. The molecule has 0 aliphatic heterocycles. The quantitative estimate of drug-likeness (QED) is 0.814. The highest BCUT2D eigenvalue weighted by Gasteiger charge is 2.04. The standard InChI is InChI=1S/C16H16BrNO3/c1-20-14-6-2-12(3-7-14)16(19)18-10-11-21-15-8-4-13(17)5-9-15/h2-9H,10-11H2,1H3,(H,18,19). The third-order valence-corrected chi connectivity index (χ3v) is 3.35. The molecule has 1 amide bonds. The van der Waals surface area contributed by atoms with Gasteiger partial charge in [-0.1, -0.05) is 15.9 Å². The van der Waals surface area contributed by atoms with Crippen LogP contribution in [0.3, 0.4) is 0 Å². The minimum atomic E-state index is -0.128. The molecule has 2 rings (SSSR count). The monoisotopic (exact) mass is 349 g/mol. The van der Waals surface area contributed by atoms with E-state index in [-0.39, 0.29) is 5.91 Å². The molecule has 0 radical (unpaired) electrons. The Bertz CT molecular complexity index is 581. The van der Waals surface area contributed by atoms with Gasteiger partial charge in [-0.05, 0) is 48.5 Å². The van der Waals surface area contributed by atoms with E-state index in [0.717, 1.165) is 16.0 Å². The summed E-state index contributed by atoms with van der Waals surface area (Å²) in [5.41, 5.74) is 0.597. The molecule has 0 saturated heterocycles. The Hall–Kier alpha value is -2.01. The Morgan fingerprint density at radius 2 is 1.67 bits per heavy atom. The van der Waals surface area contributed by atoms with Crippen LogP contribution in [0.25, 0.3) is 0 Å². The summed E-state index contributed by atoms with van der Waals surface area (Å²) in [5.74, 6) is 1.37. The first-order valence-electron chi connectivity index (χ1n) is 6.49. The Kier molecular flexibility index (Phi) is 5.63.